The SMILES string of the molecule is O=C(Nc1ccc(OC(F)(F)F)c(F)c1)c1cnc(N2CCC(O)C2)c(-c2cncnc2)c1. The second-order valence-corrected chi connectivity index (χ2v) is 7.26. The van der Waals surface area contributed by atoms with Gasteiger partial charge in [-0.2, -0.15) is 0 Å². The number of carbonyl (C=O) groups is 1. The van der Waals surface area contributed by atoms with Crippen LogP contribution in [0, 0.1) is 5.82 Å². The smallest absolute Gasteiger partial charge is 0.403 e. The molecule has 172 valence electrons. The largest absolute Gasteiger partial charge is 0.573 e. The Morgan fingerprint density at radius 1 is 1.18 bits per heavy atom. The molecule has 0 bridgehead atoms. The Morgan fingerprint density at radius 3 is 2.58 bits per heavy atom. The maximum atomic E-state index is 13.9. The van der Waals surface area contributed by atoms with E-state index in [1.54, 1.807) is 18.5 Å². The summed E-state index contributed by atoms with van der Waals surface area (Å²) in [7, 11) is 0. The van der Waals surface area contributed by atoms with Crippen LogP contribution in [0.3, 0.4) is 0 Å². The van der Waals surface area contributed by atoms with Gasteiger partial charge in [0, 0.05) is 54.6 Å². The minimum absolute atomic E-state index is 0.0663. The summed E-state index contributed by atoms with van der Waals surface area (Å²) in [6, 6.07) is 4.13. The number of hydrogen-bond acceptors (Lipinski definition) is 7. The van der Waals surface area contributed by atoms with Crippen LogP contribution < -0.4 is 15.0 Å². The zero-order valence-corrected chi connectivity index (χ0v) is 16.9. The molecule has 1 aliphatic heterocycles. The first kappa shape index (κ1) is 22.4. The van der Waals surface area contributed by atoms with Crippen LogP contribution in [-0.4, -0.2) is 51.5 Å². The van der Waals surface area contributed by atoms with Crippen LogP contribution in [0.1, 0.15) is 16.8 Å². The zero-order chi connectivity index (χ0) is 23.6. The van der Waals surface area contributed by atoms with Crippen LogP contribution in [0.5, 0.6) is 5.75 Å². The van der Waals surface area contributed by atoms with Gasteiger partial charge in [-0.3, -0.25) is 4.79 Å². The first-order valence-electron chi connectivity index (χ1n) is 9.75. The summed E-state index contributed by atoms with van der Waals surface area (Å²) in [5.41, 5.74) is 1.20. The van der Waals surface area contributed by atoms with Gasteiger partial charge < -0.3 is 20.1 Å². The highest BCUT2D eigenvalue weighted by molar-refractivity contribution is 6.05. The van der Waals surface area contributed by atoms with E-state index in [9.17, 15) is 27.5 Å². The van der Waals surface area contributed by atoms with Crippen LogP contribution in [0.25, 0.3) is 11.1 Å². The van der Waals surface area contributed by atoms with Gasteiger partial charge in [-0.1, -0.05) is 0 Å². The number of pyridine rings is 1. The van der Waals surface area contributed by atoms with E-state index in [0.29, 0.717) is 36.5 Å². The van der Waals surface area contributed by atoms with Crippen molar-refractivity contribution in [3.05, 3.63) is 60.6 Å². The number of alkyl halides is 3. The highest BCUT2D eigenvalue weighted by atomic mass is 19.4. The number of anilines is 2. The van der Waals surface area contributed by atoms with Crippen molar-refractivity contribution >= 4 is 17.4 Å². The molecule has 1 aliphatic rings. The number of rotatable bonds is 5. The summed E-state index contributed by atoms with van der Waals surface area (Å²) < 4.78 is 54.4. The predicted octanol–water partition coefficient (Wildman–Crippen LogP) is 3.40. The van der Waals surface area contributed by atoms with Crippen LogP contribution in [0.15, 0.2) is 49.2 Å². The van der Waals surface area contributed by atoms with Gasteiger partial charge in [0.05, 0.1) is 11.7 Å². The molecule has 2 N–H and O–H groups in total. The van der Waals surface area contributed by atoms with Gasteiger partial charge in [0.1, 0.15) is 12.1 Å². The summed E-state index contributed by atoms with van der Waals surface area (Å²) in [5.74, 6) is -2.41. The highest BCUT2D eigenvalue weighted by Crippen LogP contribution is 2.32. The van der Waals surface area contributed by atoms with E-state index in [-0.39, 0.29) is 11.3 Å². The average molecular weight is 463 g/mol. The van der Waals surface area contributed by atoms with Gasteiger partial charge in [0.2, 0.25) is 0 Å². The van der Waals surface area contributed by atoms with E-state index >= 15 is 0 Å². The Morgan fingerprint density at radius 2 is 1.94 bits per heavy atom. The van der Waals surface area contributed by atoms with E-state index in [4.69, 9.17) is 0 Å². The molecule has 0 saturated carbocycles. The number of amides is 1. The molecule has 8 nitrogen and oxygen atoms in total. The lowest BCUT2D eigenvalue weighted by Gasteiger charge is -2.20. The number of nitrogens with one attached hydrogen (secondary N) is 1. The Balaban J connectivity index is 1.60. The third-order valence-corrected chi connectivity index (χ3v) is 4.88. The normalized spacial score (nSPS) is 16.0. The molecule has 4 rings (SSSR count). The number of ether oxygens (including phenoxy) is 1. The lowest BCUT2D eigenvalue weighted by atomic mass is 10.1. The van der Waals surface area contributed by atoms with Gasteiger partial charge in [0.15, 0.2) is 11.6 Å². The Labute approximate surface area is 184 Å². The Bertz CT molecular complexity index is 1160. The van der Waals surface area contributed by atoms with Crippen LogP contribution in [0.2, 0.25) is 0 Å². The first-order chi connectivity index (χ1) is 15.7. The third-order valence-electron chi connectivity index (χ3n) is 4.88. The van der Waals surface area contributed by atoms with Crippen molar-refractivity contribution in [2.45, 2.75) is 18.9 Å². The molecule has 3 aromatic rings. The van der Waals surface area contributed by atoms with Crippen LogP contribution in [0.4, 0.5) is 29.1 Å². The molecule has 0 spiro atoms. The molecule has 1 atom stereocenters. The number of aliphatic hydroxyl groups excluding tert-OH is 1. The topological polar surface area (TPSA) is 100 Å². The average Bonchev–Trinajstić information content (AvgIpc) is 3.21. The van der Waals surface area contributed by atoms with E-state index in [1.807, 2.05) is 4.90 Å². The quantitative estimate of drug-likeness (QED) is 0.560. The summed E-state index contributed by atoms with van der Waals surface area (Å²) >= 11 is 0. The first-order valence-corrected chi connectivity index (χ1v) is 9.75. The van der Waals surface area contributed by atoms with Crippen molar-refractivity contribution in [1.29, 1.82) is 0 Å². The van der Waals surface area contributed by atoms with Crippen molar-refractivity contribution in [2.24, 2.45) is 0 Å². The minimum Gasteiger partial charge on any atom is -0.403 e. The molecule has 1 fully saturated rings. The molecule has 0 aliphatic carbocycles. The fraction of sp³-hybridized carbons (Fsp3) is 0.238. The summed E-state index contributed by atoms with van der Waals surface area (Å²) in [6.45, 7) is 0.955. The number of carbonyl (C=O) groups excluding carboxylic acids is 1. The molecule has 1 saturated heterocycles. The predicted molar refractivity (Wildman–Crippen MR) is 109 cm³/mol. The molecule has 0 radical (unpaired) electrons. The molecule has 1 unspecified atom stereocenters. The van der Waals surface area contributed by atoms with Crippen LogP contribution in [-0.2, 0) is 0 Å². The van der Waals surface area contributed by atoms with Gasteiger partial charge in [-0.15, -0.1) is 13.2 Å². The lowest BCUT2D eigenvalue weighted by Crippen LogP contribution is -2.23. The maximum Gasteiger partial charge on any atom is 0.573 e. The monoisotopic (exact) mass is 463 g/mol. The van der Waals surface area contributed by atoms with Crippen molar-refractivity contribution in [3.63, 3.8) is 0 Å². The van der Waals surface area contributed by atoms with Gasteiger partial charge in [0.25, 0.3) is 5.91 Å². The standard InChI is InChI=1S/C21H17F4N5O3/c22-17-6-14(1-2-18(17)33-21(23,24)25)29-20(32)12-5-16(13-7-26-11-27-8-13)19(28-9-12)30-4-3-15(31)10-30/h1-2,5-9,11,15,31H,3-4,10H2,(H,29,32). The number of β-amino-alcohol motifs (C(OH)–C–C–N with tert-alkyl or cyclic N) is 1. The van der Waals surface area contributed by atoms with Crippen LogP contribution >= 0.6 is 0 Å². The molecule has 1 aromatic carbocycles. The van der Waals surface area contributed by atoms with Gasteiger partial charge in [-0.25, -0.2) is 19.3 Å². The molecule has 3 heterocycles. The highest BCUT2D eigenvalue weighted by Gasteiger charge is 2.32. The number of nitrogens with zero attached hydrogens (tertiary/aromatic N) is 4. The van der Waals surface area contributed by atoms with E-state index in [1.165, 1.54) is 12.5 Å². The van der Waals surface area contributed by atoms with Crippen molar-refractivity contribution in [2.75, 3.05) is 23.3 Å². The molecule has 1 amide bonds. The zero-order valence-electron chi connectivity index (χ0n) is 16.9. The van der Waals surface area contributed by atoms with Gasteiger partial charge >= 0.3 is 6.36 Å². The number of aliphatic hydroxyl groups is 1. The Kier molecular flexibility index (Phi) is 6.09. The number of aromatic nitrogens is 3. The molecular formula is C21H17F4N5O3. The summed E-state index contributed by atoms with van der Waals surface area (Å²) in [6.07, 6.45) is 0.824. The van der Waals surface area contributed by atoms with E-state index in [2.05, 4.69) is 25.0 Å². The van der Waals surface area contributed by atoms with Gasteiger partial charge in [-0.05, 0) is 24.6 Å². The third kappa shape index (κ3) is 5.34. The minimum atomic E-state index is -5.04. The fourth-order valence-electron chi connectivity index (χ4n) is 3.41. The fourth-order valence-corrected chi connectivity index (χ4v) is 3.41. The van der Waals surface area contributed by atoms with Crippen molar-refractivity contribution < 1.29 is 32.2 Å². The number of benzene rings is 1. The second-order valence-electron chi connectivity index (χ2n) is 7.26. The second kappa shape index (κ2) is 8.98. The molecule has 2 aromatic heterocycles. The molecule has 33 heavy (non-hydrogen) atoms. The molecular weight excluding hydrogens is 446 g/mol. The molecule has 12 heteroatoms. The number of hydrogen-bond donors (Lipinski definition) is 2. The Hall–Kier alpha value is -3.80. The van der Waals surface area contributed by atoms with Crippen molar-refractivity contribution in [1.82, 2.24) is 15.0 Å². The summed E-state index contributed by atoms with van der Waals surface area (Å²) in [5, 5.41) is 12.3. The number of halogens is 4. The maximum absolute atomic E-state index is 13.9. The lowest BCUT2D eigenvalue weighted by molar-refractivity contribution is -0.275. The summed E-state index contributed by atoms with van der Waals surface area (Å²) in [4.78, 5) is 27.0. The van der Waals surface area contributed by atoms with Crippen molar-refractivity contribution in [3.8, 4) is 16.9 Å². The van der Waals surface area contributed by atoms with E-state index < -0.39 is 29.9 Å². The van der Waals surface area contributed by atoms with E-state index in [0.717, 1.165) is 18.2 Å².